The molecular formula is C6H8F3N3. The summed E-state index contributed by atoms with van der Waals surface area (Å²) in [5, 5.41) is 6.33. The SMILES string of the molecule is CC(C)c1nnc(C(F)(F)F)[nH]1. The first-order valence-corrected chi connectivity index (χ1v) is 3.41. The number of alkyl halides is 3. The van der Waals surface area contributed by atoms with Crippen LogP contribution in [0.3, 0.4) is 0 Å². The van der Waals surface area contributed by atoms with Crippen molar-refractivity contribution in [2.45, 2.75) is 25.9 Å². The first kappa shape index (κ1) is 9.02. The molecule has 0 unspecified atom stereocenters. The molecule has 0 amide bonds. The van der Waals surface area contributed by atoms with Gasteiger partial charge in [-0.1, -0.05) is 13.8 Å². The number of rotatable bonds is 1. The van der Waals surface area contributed by atoms with Crippen LogP contribution in [0, 0.1) is 0 Å². The van der Waals surface area contributed by atoms with Crippen molar-refractivity contribution < 1.29 is 13.2 Å². The zero-order chi connectivity index (χ0) is 9.35. The second kappa shape index (κ2) is 2.76. The number of hydrogen-bond acceptors (Lipinski definition) is 2. The summed E-state index contributed by atoms with van der Waals surface area (Å²) in [5.74, 6) is -0.859. The minimum atomic E-state index is -4.43. The molecule has 0 aliphatic rings. The highest BCUT2D eigenvalue weighted by atomic mass is 19.4. The van der Waals surface area contributed by atoms with Crippen LogP contribution in [0.4, 0.5) is 13.2 Å². The smallest absolute Gasteiger partial charge is 0.321 e. The van der Waals surface area contributed by atoms with Crippen LogP contribution in [0.25, 0.3) is 0 Å². The lowest BCUT2D eigenvalue weighted by Crippen LogP contribution is -2.07. The lowest BCUT2D eigenvalue weighted by atomic mass is 10.2. The van der Waals surface area contributed by atoms with Crippen LogP contribution >= 0.6 is 0 Å². The van der Waals surface area contributed by atoms with Gasteiger partial charge in [0.15, 0.2) is 0 Å². The summed E-state index contributed by atoms with van der Waals surface area (Å²) in [4.78, 5) is 2.11. The maximum absolute atomic E-state index is 11.9. The van der Waals surface area contributed by atoms with E-state index in [2.05, 4.69) is 15.2 Å². The van der Waals surface area contributed by atoms with Gasteiger partial charge >= 0.3 is 6.18 Å². The Kier molecular flexibility index (Phi) is 2.08. The molecule has 12 heavy (non-hydrogen) atoms. The minimum Gasteiger partial charge on any atom is -0.321 e. The molecule has 0 saturated carbocycles. The third-order valence-corrected chi connectivity index (χ3v) is 1.32. The van der Waals surface area contributed by atoms with Gasteiger partial charge in [-0.2, -0.15) is 13.2 Å². The number of halogens is 3. The van der Waals surface area contributed by atoms with Crippen LogP contribution in [0.5, 0.6) is 0 Å². The maximum atomic E-state index is 11.9. The Morgan fingerprint density at radius 2 is 1.83 bits per heavy atom. The van der Waals surface area contributed by atoms with Gasteiger partial charge in [-0.25, -0.2) is 0 Å². The zero-order valence-corrected chi connectivity index (χ0v) is 6.61. The summed E-state index contributed by atoms with van der Waals surface area (Å²) in [6, 6.07) is 0. The van der Waals surface area contributed by atoms with Crippen molar-refractivity contribution >= 4 is 0 Å². The van der Waals surface area contributed by atoms with Crippen molar-refractivity contribution in [2.75, 3.05) is 0 Å². The van der Waals surface area contributed by atoms with Crippen LogP contribution in [0.2, 0.25) is 0 Å². The predicted molar refractivity (Wildman–Crippen MR) is 35.5 cm³/mol. The third kappa shape index (κ3) is 1.75. The molecule has 0 fully saturated rings. The number of aromatic nitrogens is 3. The van der Waals surface area contributed by atoms with E-state index in [4.69, 9.17) is 0 Å². The molecule has 0 aromatic carbocycles. The Hall–Kier alpha value is -1.07. The van der Waals surface area contributed by atoms with Gasteiger partial charge in [0.1, 0.15) is 5.82 Å². The zero-order valence-electron chi connectivity index (χ0n) is 6.61. The fraction of sp³-hybridized carbons (Fsp3) is 0.667. The van der Waals surface area contributed by atoms with Gasteiger partial charge in [0.25, 0.3) is 0 Å². The second-order valence-corrected chi connectivity index (χ2v) is 2.71. The van der Waals surface area contributed by atoms with Crippen LogP contribution < -0.4 is 0 Å². The number of H-pyrrole nitrogens is 1. The number of aromatic amines is 1. The molecule has 6 heteroatoms. The summed E-state index contributed by atoms with van der Waals surface area (Å²) in [6.07, 6.45) is -4.43. The van der Waals surface area contributed by atoms with E-state index in [0.717, 1.165) is 0 Å². The van der Waals surface area contributed by atoms with Gasteiger partial charge in [-0.05, 0) is 0 Å². The van der Waals surface area contributed by atoms with Crippen molar-refractivity contribution in [3.8, 4) is 0 Å². The van der Waals surface area contributed by atoms with Crippen molar-refractivity contribution in [1.82, 2.24) is 15.2 Å². The quantitative estimate of drug-likeness (QED) is 0.715. The van der Waals surface area contributed by atoms with Gasteiger partial charge < -0.3 is 4.98 Å². The molecule has 1 heterocycles. The van der Waals surface area contributed by atoms with Crippen molar-refractivity contribution in [2.24, 2.45) is 0 Å². The lowest BCUT2D eigenvalue weighted by molar-refractivity contribution is -0.144. The molecular weight excluding hydrogens is 171 g/mol. The highest BCUT2D eigenvalue weighted by molar-refractivity contribution is 4.97. The van der Waals surface area contributed by atoms with Gasteiger partial charge in [0, 0.05) is 5.92 Å². The normalized spacial score (nSPS) is 12.5. The van der Waals surface area contributed by atoms with Crippen LogP contribution in [0.1, 0.15) is 31.4 Å². The Morgan fingerprint density at radius 3 is 2.08 bits per heavy atom. The van der Waals surface area contributed by atoms with E-state index < -0.39 is 12.0 Å². The molecule has 0 aliphatic heterocycles. The van der Waals surface area contributed by atoms with E-state index in [9.17, 15) is 13.2 Å². The minimum absolute atomic E-state index is 0.0754. The topological polar surface area (TPSA) is 41.6 Å². The second-order valence-electron chi connectivity index (χ2n) is 2.71. The van der Waals surface area contributed by atoms with E-state index in [0.29, 0.717) is 0 Å². The van der Waals surface area contributed by atoms with Gasteiger partial charge in [-0.3, -0.25) is 0 Å². The molecule has 0 saturated heterocycles. The fourth-order valence-corrected chi connectivity index (χ4v) is 0.663. The van der Waals surface area contributed by atoms with Gasteiger partial charge in [0.2, 0.25) is 5.82 Å². The van der Waals surface area contributed by atoms with E-state index in [1.807, 2.05) is 0 Å². The van der Waals surface area contributed by atoms with E-state index in [1.54, 1.807) is 13.8 Å². The van der Waals surface area contributed by atoms with Crippen molar-refractivity contribution in [1.29, 1.82) is 0 Å². The first-order valence-electron chi connectivity index (χ1n) is 3.41. The van der Waals surface area contributed by atoms with E-state index in [-0.39, 0.29) is 11.7 Å². The average molecular weight is 179 g/mol. The Bertz CT molecular complexity index is 263. The van der Waals surface area contributed by atoms with Crippen molar-refractivity contribution in [3.05, 3.63) is 11.6 Å². The predicted octanol–water partition coefficient (Wildman–Crippen LogP) is 1.95. The largest absolute Gasteiger partial charge is 0.451 e. The van der Waals surface area contributed by atoms with Crippen LogP contribution in [0.15, 0.2) is 0 Å². The summed E-state index contributed by atoms with van der Waals surface area (Å²) in [6.45, 7) is 3.47. The maximum Gasteiger partial charge on any atom is 0.451 e. The lowest BCUT2D eigenvalue weighted by Gasteiger charge is -1.99. The van der Waals surface area contributed by atoms with Crippen LogP contribution in [-0.2, 0) is 6.18 Å². The molecule has 1 rings (SSSR count). The molecule has 1 N–H and O–H groups in total. The molecule has 0 spiro atoms. The Balaban J connectivity index is 2.92. The monoisotopic (exact) mass is 179 g/mol. The summed E-state index contributed by atoms with van der Waals surface area (Å²) in [7, 11) is 0. The van der Waals surface area contributed by atoms with Gasteiger partial charge in [0.05, 0.1) is 0 Å². The highest BCUT2D eigenvalue weighted by Crippen LogP contribution is 2.26. The summed E-state index contributed by atoms with van der Waals surface area (Å²) in [5.41, 5.74) is 0. The highest BCUT2D eigenvalue weighted by Gasteiger charge is 2.35. The van der Waals surface area contributed by atoms with Crippen molar-refractivity contribution in [3.63, 3.8) is 0 Å². The van der Waals surface area contributed by atoms with Gasteiger partial charge in [-0.15, -0.1) is 10.2 Å². The molecule has 1 aromatic heterocycles. The third-order valence-electron chi connectivity index (χ3n) is 1.32. The summed E-state index contributed by atoms with van der Waals surface area (Å²) >= 11 is 0. The van der Waals surface area contributed by atoms with E-state index >= 15 is 0 Å². The molecule has 3 nitrogen and oxygen atoms in total. The number of nitrogens with zero attached hydrogens (tertiary/aromatic N) is 2. The Labute approximate surface area is 67.0 Å². The van der Waals surface area contributed by atoms with E-state index in [1.165, 1.54) is 0 Å². The summed E-state index contributed by atoms with van der Waals surface area (Å²) < 4.78 is 35.8. The Morgan fingerprint density at radius 1 is 1.25 bits per heavy atom. The van der Waals surface area contributed by atoms with Crippen LogP contribution in [-0.4, -0.2) is 15.2 Å². The molecule has 0 bridgehead atoms. The first-order chi connectivity index (χ1) is 5.41. The number of nitrogens with one attached hydrogen (secondary N) is 1. The number of hydrogen-bond donors (Lipinski definition) is 1. The standard InChI is InChI=1S/C6H8F3N3/c1-3(2)4-10-5(12-11-4)6(7,8)9/h3H,1-2H3,(H,10,11,12). The molecule has 1 aromatic rings. The average Bonchev–Trinajstić information content (AvgIpc) is 2.30. The molecule has 0 atom stereocenters. The molecule has 68 valence electrons. The molecule has 0 aliphatic carbocycles. The molecule has 0 radical (unpaired) electrons. The fourth-order valence-electron chi connectivity index (χ4n) is 0.663.